The van der Waals surface area contributed by atoms with E-state index in [-0.39, 0.29) is 5.56 Å². The molecule has 0 aliphatic carbocycles. The van der Waals surface area contributed by atoms with Crippen molar-refractivity contribution in [2.24, 2.45) is 0 Å². The predicted octanol–water partition coefficient (Wildman–Crippen LogP) is -0.575. The van der Waals surface area contributed by atoms with E-state index in [2.05, 4.69) is 15.1 Å². The van der Waals surface area contributed by atoms with E-state index in [0.29, 0.717) is 0 Å². The average molecular weight is 194 g/mol. The van der Waals surface area contributed by atoms with Gasteiger partial charge in [-0.15, -0.1) is 0 Å². The van der Waals surface area contributed by atoms with E-state index in [1.165, 1.54) is 7.11 Å². The van der Waals surface area contributed by atoms with Gasteiger partial charge in [-0.3, -0.25) is 4.79 Å². The number of nitrogens with zero attached hydrogens (tertiary/aromatic N) is 3. The molecule has 1 N–H and O–H groups in total. The SMILES string of the molecule is COC(=O)Nn1cnc(=O)c(C#N)c1. The predicted molar refractivity (Wildman–Crippen MR) is 45.0 cm³/mol. The van der Waals surface area contributed by atoms with Crippen LogP contribution in [0.15, 0.2) is 17.3 Å². The Kier molecular flexibility index (Phi) is 2.81. The topological polar surface area (TPSA) is 97.0 Å². The zero-order valence-electron chi connectivity index (χ0n) is 7.22. The Labute approximate surface area is 78.5 Å². The summed E-state index contributed by atoms with van der Waals surface area (Å²) in [6.45, 7) is 0. The normalized spacial score (nSPS) is 8.86. The molecule has 0 aliphatic heterocycles. The highest BCUT2D eigenvalue weighted by Crippen LogP contribution is 1.86. The van der Waals surface area contributed by atoms with Crippen LogP contribution in [-0.2, 0) is 4.74 Å². The van der Waals surface area contributed by atoms with Crippen molar-refractivity contribution in [2.75, 3.05) is 12.5 Å². The number of hydrogen-bond donors (Lipinski definition) is 1. The quantitative estimate of drug-likeness (QED) is 0.645. The van der Waals surface area contributed by atoms with Crippen LogP contribution in [0.5, 0.6) is 0 Å². The fourth-order valence-electron chi connectivity index (χ4n) is 0.701. The Morgan fingerprint density at radius 3 is 3.07 bits per heavy atom. The van der Waals surface area contributed by atoms with Gasteiger partial charge in [0.15, 0.2) is 0 Å². The van der Waals surface area contributed by atoms with Gasteiger partial charge in [0.25, 0.3) is 5.56 Å². The van der Waals surface area contributed by atoms with Gasteiger partial charge in [0.1, 0.15) is 18.0 Å². The van der Waals surface area contributed by atoms with Crippen molar-refractivity contribution in [1.82, 2.24) is 9.66 Å². The molecule has 0 unspecified atom stereocenters. The third-order valence-electron chi connectivity index (χ3n) is 1.32. The van der Waals surface area contributed by atoms with E-state index >= 15 is 0 Å². The molecule has 1 aromatic heterocycles. The van der Waals surface area contributed by atoms with Crippen LogP contribution < -0.4 is 11.0 Å². The molecule has 7 nitrogen and oxygen atoms in total. The molecule has 0 fully saturated rings. The van der Waals surface area contributed by atoms with Crippen molar-refractivity contribution >= 4 is 6.09 Å². The lowest BCUT2D eigenvalue weighted by molar-refractivity contribution is 0.183. The summed E-state index contributed by atoms with van der Waals surface area (Å²) in [5, 5.41) is 8.49. The standard InChI is InChI=1S/C7H6N4O3/c1-14-7(13)10-11-3-5(2-8)6(12)9-4-11/h3-4H,1H3,(H,10,13). The minimum atomic E-state index is -0.723. The van der Waals surface area contributed by atoms with E-state index in [1.54, 1.807) is 6.07 Å². The molecule has 72 valence electrons. The summed E-state index contributed by atoms with van der Waals surface area (Å²) in [4.78, 5) is 24.9. The van der Waals surface area contributed by atoms with E-state index in [0.717, 1.165) is 17.2 Å². The highest BCUT2D eigenvalue weighted by molar-refractivity contribution is 5.75. The van der Waals surface area contributed by atoms with E-state index in [1.807, 2.05) is 0 Å². The maximum atomic E-state index is 10.9. The van der Waals surface area contributed by atoms with Crippen molar-refractivity contribution in [3.8, 4) is 6.07 Å². The molecule has 0 aromatic carbocycles. The second-order valence-corrected chi connectivity index (χ2v) is 2.21. The molecule has 14 heavy (non-hydrogen) atoms. The first-order valence-electron chi connectivity index (χ1n) is 3.50. The van der Waals surface area contributed by atoms with Gasteiger partial charge in [0.05, 0.1) is 13.3 Å². The smallest absolute Gasteiger partial charge is 0.426 e. The van der Waals surface area contributed by atoms with E-state index in [9.17, 15) is 9.59 Å². The molecule has 0 saturated heterocycles. The van der Waals surface area contributed by atoms with E-state index < -0.39 is 11.7 Å². The summed E-state index contributed by atoms with van der Waals surface area (Å²) in [6, 6.07) is 1.64. The summed E-state index contributed by atoms with van der Waals surface area (Å²) >= 11 is 0. The van der Waals surface area contributed by atoms with Crippen molar-refractivity contribution in [3.05, 3.63) is 28.4 Å². The number of aromatic nitrogens is 2. The van der Waals surface area contributed by atoms with Gasteiger partial charge in [0, 0.05) is 0 Å². The zero-order valence-corrected chi connectivity index (χ0v) is 7.22. The zero-order chi connectivity index (χ0) is 10.6. The number of rotatable bonds is 1. The van der Waals surface area contributed by atoms with Crippen LogP contribution in [0.4, 0.5) is 4.79 Å². The summed E-state index contributed by atoms with van der Waals surface area (Å²) < 4.78 is 5.36. The van der Waals surface area contributed by atoms with Crippen LogP contribution >= 0.6 is 0 Å². The van der Waals surface area contributed by atoms with Crippen LogP contribution in [-0.4, -0.2) is 22.9 Å². The molecule has 7 heteroatoms. The molecule has 0 bridgehead atoms. The Hall–Kier alpha value is -2.36. The summed E-state index contributed by atoms with van der Waals surface area (Å²) in [5.74, 6) is 0. The minimum Gasteiger partial charge on any atom is -0.452 e. The van der Waals surface area contributed by atoms with Crippen molar-refractivity contribution in [3.63, 3.8) is 0 Å². The van der Waals surface area contributed by atoms with Crippen LogP contribution in [0.25, 0.3) is 0 Å². The lowest BCUT2D eigenvalue weighted by Gasteiger charge is -2.05. The Morgan fingerprint density at radius 2 is 2.50 bits per heavy atom. The lowest BCUT2D eigenvalue weighted by atomic mass is 10.4. The van der Waals surface area contributed by atoms with Crippen LogP contribution in [0, 0.1) is 11.3 Å². The van der Waals surface area contributed by atoms with Gasteiger partial charge in [-0.2, -0.15) is 10.2 Å². The second kappa shape index (κ2) is 4.04. The second-order valence-electron chi connectivity index (χ2n) is 2.21. The first kappa shape index (κ1) is 9.73. The summed E-state index contributed by atoms with van der Waals surface area (Å²) in [6.07, 6.45) is 1.49. The van der Waals surface area contributed by atoms with Gasteiger partial charge in [0.2, 0.25) is 0 Å². The van der Waals surface area contributed by atoms with Gasteiger partial charge < -0.3 is 4.74 Å². The highest BCUT2D eigenvalue weighted by Gasteiger charge is 2.02. The average Bonchev–Trinajstić information content (AvgIpc) is 2.20. The van der Waals surface area contributed by atoms with Crippen LogP contribution in [0.1, 0.15) is 5.56 Å². The monoisotopic (exact) mass is 194 g/mol. The molecule has 0 radical (unpaired) electrons. The third-order valence-corrected chi connectivity index (χ3v) is 1.32. The molecule has 0 aliphatic rings. The number of amides is 1. The molecule has 0 atom stereocenters. The fourth-order valence-corrected chi connectivity index (χ4v) is 0.701. The number of nitrogens with one attached hydrogen (secondary N) is 1. The molecule has 1 heterocycles. The Balaban J connectivity index is 2.97. The van der Waals surface area contributed by atoms with Crippen molar-refractivity contribution in [1.29, 1.82) is 5.26 Å². The van der Waals surface area contributed by atoms with Crippen LogP contribution in [0.2, 0.25) is 0 Å². The Bertz CT molecular complexity index is 445. The third kappa shape index (κ3) is 2.07. The number of carbonyl (C=O) groups excluding carboxylic acids is 1. The molecular formula is C7H6N4O3. The number of methoxy groups -OCH3 is 1. The van der Waals surface area contributed by atoms with Crippen molar-refractivity contribution < 1.29 is 9.53 Å². The lowest BCUT2D eigenvalue weighted by Crippen LogP contribution is -2.25. The summed E-state index contributed by atoms with van der Waals surface area (Å²) in [5.41, 5.74) is 1.39. The van der Waals surface area contributed by atoms with Gasteiger partial charge in [-0.1, -0.05) is 0 Å². The number of nitriles is 1. The maximum Gasteiger partial charge on any atom is 0.426 e. The first-order chi connectivity index (χ1) is 6.67. The molecular weight excluding hydrogens is 188 g/mol. The van der Waals surface area contributed by atoms with Crippen molar-refractivity contribution in [2.45, 2.75) is 0 Å². The van der Waals surface area contributed by atoms with Crippen LogP contribution in [0.3, 0.4) is 0 Å². The number of hydrogen-bond acceptors (Lipinski definition) is 5. The van der Waals surface area contributed by atoms with Gasteiger partial charge in [-0.05, 0) is 0 Å². The molecule has 0 saturated carbocycles. The van der Waals surface area contributed by atoms with Gasteiger partial charge >= 0.3 is 6.09 Å². The largest absolute Gasteiger partial charge is 0.452 e. The maximum absolute atomic E-state index is 10.9. The van der Waals surface area contributed by atoms with E-state index in [4.69, 9.17) is 5.26 Å². The number of ether oxygens (including phenoxy) is 1. The highest BCUT2D eigenvalue weighted by atomic mass is 16.5. The van der Waals surface area contributed by atoms with Gasteiger partial charge in [-0.25, -0.2) is 14.9 Å². The minimum absolute atomic E-state index is 0.163. The molecule has 1 amide bonds. The molecule has 1 rings (SSSR count). The fraction of sp³-hybridized carbons (Fsp3) is 0.143. The Morgan fingerprint density at radius 1 is 1.79 bits per heavy atom. The molecule has 0 spiro atoms. The summed E-state index contributed by atoms with van der Waals surface area (Å²) in [7, 11) is 1.19. The number of carbonyl (C=O) groups is 1. The first-order valence-corrected chi connectivity index (χ1v) is 3.50. The molecule has 1 aromatic rings.